The van der Waals surface area contributed by atoms with Gasteiger partial charge >= 0.3 is 0 Å². The average molecular weight is 1390 g/mol. The monoisotopic (exact) mass is 1390 g/mol. The lowest BCUT2D eigenvalue weighted by Gasteiger charge is -2.36. The number of piperazine rings is 1. The van der Waals surface area contributed by atoms with Crippen LogP contribution in [0.2, 0.25) is 5.02 Å². The lowest BCUT2D eigenvalue weighted by Crippen LogP contribution is -2.54. The molecular formula is C80H70ClF2N9O8S. The van der Waals surface area contributed by atoms with Gasteiger partial charge < -0.3 is 35.2 Å². The normalized spacial score (nSPS) is 11.9. The van der Waals surface area contributed by atoms with Crippen LogP contribution in [-0.2, 0) is 17.8 Å². The molecule has 4 amide bonds. The van der Waals surface area contributed by atoms with E-state index in [2.05, 4.69) is 99.2 Å². The molecule has 0 spiro atoms. The van der Waals surface area contributed by atoms with Crippen molar-refractivity contribution in [2.75, 3.05) is 32.8 Å². The van der Waals surface area contributed by atoms with E-state index >= 15 is 0 Å². The predicted octanol–water partition coefficient (Wildman–Crippen LogP) is 15.0. The Balaban J connectivity index is 0.000000139. The molecule has 510 valence electrons. The first-order valence-corrected chi connectivity index (χ1v) is 32.8. The number of aliphatic hydroxyl groups is 1. The van der Waals surface area contributed by atoms with Gasteiger partial charge in [0, 0.05) is 90.3 Å². The fourth-order valence-corrected chi connectivity index (χ4v) is 11.8. The Labute approximate surface area is 590 Å². The molecule has 0 saturated carbocycles. The lowest BCUT2D eigenvalue weighted by molar-refractivity contribution is -0.134. The zero-order chi connectivity index (χ0) is 71.4. The van der Waals surface area contributed by atoms with Crippen molar-refractivity contribution in [2.45, 2.75) is 25.9 Å². The lowest BCUT2D eigenvalue weighted by atomic mass is 9.97. The van der Waals surface area contributed by atoms with Crippen molar-refractivity contribution in [3.63, 3.8) is 0 Å². The Morgan fingerprint density at radius 1 is 0.594 bits per heavy atom. The first-order chi connectivity index (χ1) is 49.0. The number of nitrogens with two attached hydrogens (primary N) is 1. The minimum atomic E-state index is -0.770. The second kappa shape index (κ2) is 34.7. The van der Waals surface area contributed by atoms with E-state index in [0.717, 1.165) is 74.7 Å². The van der Waals surface area contributed by atoms with E-state index in [1.54, 1.807) is 76.8 Å². The molecule has 13 aromatic rings. The number of Topliss-reactive ketones (excluding diaryl/α,β-unsaturated/α-hetero) is 1. The second-order valence-corrected chi connectivity index (χ2v) is 24.3. The van der Waals surface area contributed by atoms with Crippen molar-refractivity contribution >= 4 is 85.7 Å². The number of hydroxylamine groups is 2. The minimum Gasteiger partial charge on any atom is -0.388 e. The first kappa shape index (κ1) is 72.1. The fourth-order valence-electron chi connectivity index (χ4n) is 11.4. The molecule has 4 heterocycles. The second-order valence-electron chi connectivity index (χ2n) is 23.4. The van der Waals surface area contributed by atoms with Crippen molar-refractivity contribution in [2.24, 2.45) is 5.73 Å². The van der Waals surface area contributed by atoms with Crippen LogP contribution in [0.3, 0.4) is 0 Å². The number of aryl methyl sites for hydroxylation is 1. The number of nitrogens with zero attached hydrogens (tertiary/aromatic N) is 4. The summed E-state index contributed by atoms with van der Waals surface area (Å²) < 4.78 is 29.9. The van der Waals surface area contributed by atoms with Crippen molar-refractivity contribution in [3.05, 3.63) is 322 Å². The molecule has 14 rings (SSSR count). The number of halogens is 3. The van der Waals surface area contributed by atoms with Gasteiger partial charge in [-0.15, -0.1) is 0 Å². The maximum atomic E-state index is 13.8. The number of aliphatic hydroxyl groups excluding tert-OH is 1. The quantitative estimate of drug-likeness (QED) is 0.0233. The number of benzene rings is 10. The number of hydrogen-bond donors (Lipinski definition) is 8. The van der Waals surface area contributed by atoms with Crippen LogP contribution in [0.5, 0.6) is 0 Å². The van der Waals surface area contributed by atoms with Gasteiger partial charge in [0.15, 0.2) is 10.6 Å². The van der Waals surface area contributed by atoms with Gasteiger partial charge in [-0.05, 0) is 165 Å². The molecule has 9 N–H and O–H groups in total. The molecule has 21 heteroatoms. The maximum Gasteiger partial charge on any atom is 0.274 e. The topological polar surface area (TPSA) is 252 Å². The summed E-state index contributed by atoms with van der Waals surface area (Å²) >= 11 is 10.9. The van der Waals surface area contributed by atoms with E-state index in [9.17, 15) is 32.8 Å². The van der Waals surface area contributed by atoms with Gasteiger partial charge in [-0.1, -0.05) is 175 Å². The molecule has 17 nitrogen and oxygen atoms in total. The van der Waals surface area contributed by atoms with E-state index < -0.39 is 42.0 Å². The van der Waals surface area contributed by atoms with Crippen molar-refractivity contribution in [3.8, 4) is 33.5 Å². The molecule has 0 aliphatic carbocycles. The van der Waals surface area contributed by atoms with Gasteiger partial charge in [0.25, 0.3) is 17.7 Å². The van der Waals surface area contributed by atoms with Gasteiger partial charge in [0.05, 0.1) is 17.3 Å². The Hall–Kier alpha value is -11.6. The number of aromatic amines is 2. The molecule has 1 atom stereocenters. The van der Waals surface area contributed by atoms with Crippen LogP contribution in [0.25, 0.3) is 66.0 Å². The summed E-state index contributed by atoms with van der Waals surface area (Å²) in [7, 11) is 0. The number of H-pyrrole nitrogens is 2. The van der Waals surface area contributed by atoms with Crippen LogP contribution in [-0.4, -0.2) is 113 Å². The largest absolute Gasteiger partial charge is 0.388 e. The third kappa shape index (κ3) is 19.0. The van der Waals surface area contributed by atoms with Crippen molar-refractivity contribution in [1.29, 1.82) is 0 Å². The number of fused-ring (bicyclic) bond motifs is 3. The van der Waals surface area contributed by atoms with Crippen molar-refractivity contribution in [1.82, 2.24) is 40.3 Å². The minimum absolute atomic E-state index is 0.219. The maximum absolute atomic E-state index is 13.8. The Morgan fingerprint density at radius 3 is 1.70 bits per heavy atom. The first-order valence-electron chi connectivity index (χ1n) is 32.0. The third-order valence-corrected chi connectivity index (χ3v) is 17.2. The zero-order valence-electron chi connectivity index (χ0n) is 54.6. The summed E-state index contributed by atoms with van der Waals surface area (Å²) in [6.45, 7) is 3.40. The summed E-state index contributed by atoms with van der Waals surface area (Å²) in [6, 6.07) is 72.1. The zero-order valence-corrected chi connectivity index (χ0v) is 56.2. The number of imidazole rings is 1. The Bertz CT molecular complexity index is 4940. The summed E-state index contributed by atoms with van der Waals surface area (Å²) in [5.74, 6) is -3.51. The molecule has 3 aromatic heterocycles. The molecule has 0 unspecified atom stereocenters. The highest BCUT2D eigenvalue weighted by Gasteiger charge is 2.29. The van der Waals surface area contributed by atoms with E-state index in [4.69, 9.17) is 45.1 Å². The molecule has 0 radical (unpaired) electrons. The molecule has 1 saturated heterocycles. The van der Waals surface area contributed by atoms with Crippen LogP contribution in [0, 0.1) is 23.3 Å². The summed E-state index contributed by atoms with van der Waals surface area (Å²) in [5.41, 5.74) is 21.1. The summed E-state index contributed by atoms with van der Waals surface area (Å²) in [4.78, 5) is 72.1. The molecule has 10 aromatic carbocycles. The smallest absolute Gasteiger partial charge is 0.274 e. The van der Waals surface area contributed by atoms with Gasteiger partial charge in [0.2, 0.25) is 5.91 Å². The molecular weight excluding hydrogens is 1320 g/mol. The number of carbonyl (C=O) groups excluding carboxylic acids is 5. The van der Waals surface area contributed by atoms with Crippen LogP contribution >= 0.6 is 23.8 Å². The number of carbonyl (C=O) groups is 5. The van der Waals surface area contributed by atoms with E-state index in [0.29, 0.717) is 32.9 Å². The number of ketones is 1. The van der Waals surface area contributed by atoms with Crippen LogP contribution < -0.4 is 16.7 Å². The number of aromatic nitrogens is 4. The summed E-state index contributed by atoms with van der Waals surface area (Å²) in [5, 5.41) is 32.6. The molecule has 0 bridgehead atoms. The number of hydrogen-bond acceptors (Lipinski definition) is 11. The van der Waals surface area contributed by atoms with E-state index in [1.807, 2.05) is 109 Å². The SMILES string of the molecule is Cc1ccc(Cn2ccc3ccc(C(=O)CO)cc32)cc1.N[C@H](Cc1cccc(Cl)c1)C(=O)N1CCN(C(=O)c2cc(F)ccc2F)CC1.O=C(NO)c1ccc(-c2cccc3ccccc23)cc1.O=C(NO)c1ccc(-c2cccc3ccccc23)cc1.S=c1[nH]cc(-c2ccncc2)[nH]1. The Morgan fingerprint density at radius 2 is 1.15 bits per heavy atom. The predicted molar refractivity (Wildman–Crippen MR) is 392 cm³/mol. The van der Waals surface area contributed by atoms with Gasteiger partial charge in [0.1, 0.15) is 18.2 Å². The molecule has 1 fully saturated rings. The standard InChI is InChI=1S/C20H20ClF2N3O2.C18H17NO2.2C17H13NO2.C8H7N3S/c21-14-3-1-2-13(10-14)11-18(24)20(28)26-8-6-25(7-9-26)19(27)16-12-15(22)4-5-17(16)23;1-13-2-4-14(5-3-13)11-19-9-8-15-6-7-16(10-17(15)19)18(21)12-20;2*19-17(18-20)14-10-8-13(9-11-14)16-7-3-5-12-4-1-2-6-15(12)16;12-8-10-5-7(11-8)6-1-3-9-4-2-6/h1-5,10,12,18H,6-9,11,24H2;2-10,20H,11-12H2,1H3;2*1-11,20H,(H,18,19);1-5H,(H2,10,11,12)/t18-;;;;/m1..../s1. The number of amides is 4. The highest BCUT2D eigenvalue weighted by molar-refractivity contribution is 7.71. The van der Waals surface area contributed by atoms with E-state index in [1.165, 1.54) is 37.6 Å². The van der Waals surface area contributed by atoms with Gasteiger partial charge in [-0.3, -0.25) is 39.4 Å². The van der Waals surface area contributed by atoms with Gasteiger partial charge in [-0.2, -0.15) is 0 Å². The third-order valence-electron chi connectivity index (χ3n) is 16.7. The van der Waals surface area contributed by atoms with Gasteiger partial charge in [-0.25, -0.2) is 19.7 Å². The summed E-state index contributed by atoms with van der Waals surface area (Å²) in [6.07, 6.45) is 7.72. The molecule has 101 heavy (non-hydrogen) atoms. The van der Waals surface area contributed by atoms with Crippen molar-refractivity contribution < 1.29 is 48.3 Å². The van der Waals surface area contributed by atoms with Crippen LogP contribution in [0.4, 0.5) is 8.78 Å². The average Bonchev–Trinajstić information content (AvgIpc) is 1.72. The fraction of sp³-hybridized carbons (Fsp3) is 0.113. The number of pyridine rings is 1. The van der Waals surface area contributed by atoms with Crippen LogP contribution in [0.15, 0.2) is 261 Å². The highest BCUT2D eigenvalue weighted by Crippen LogP contribution is 2.31. The molecule has 1 aliphatic heterocycles. The van der Waals surface area contributed by atoms with Crippen LogP contribution in [0.1, 0.15) is 58.1 Å². The number of nitrogens with one attached hydrogen (secondary N) is 4. The van der Waals surface area contributed by atoms with E-state index in [-0.39, 0.29) is 43.4 Å². The molecule has 1 aliphatic rings. The highest BCUT2D eigenvalue weighted by atomic mass is 35.5. The number of rotatable bonds is 13. The Kier molecular flexibility index (Phi) is 24.8.